The smallest absolute Gasteiger partial charge is 0.170 e. The number of nitrogens with two attached hydrogens (primary N) is 1. The van der Waals surface area contributed by atoms with E-state index in [1.807, 2.05) is 11.8 Å². The van der Waals surface area contributed by atoms with E-state index in [1.54, 1.807) is 12.1 Å². The topological polar surface area (TPSA) is 95.0 Å². The molecule has 0 atom stereocenters. The van der Waals surface area contributed by atoms with Gasteiger partial charge in [-0.2, -0.15) is 0 Å². The van der Waals surface area contributed by atoms with Gasteiger partial charge in [-0.3, -0.25) is 0 Å². The van der Waals surface area contributed by atoms with Crippen molar-refractivity contribution in [2.75, 3.05) is 24.6 Å². The molecule has 0 aliphatic carbocycles. The Morgan fingerprint density at radius 3 is 2.74 bits per heavy atom. The van der Waals surface area contributed by atoms with Crippen molar-refractivity contribution in [2.45, 2.75) is 26.7 Å². The van der Waals surface area contributed by atoms with E-state index in [0.717, 1.165) is 30.9 Å². The molecule has 6 heteroatoms. The van der Waals surface area contributed by atoms with E-state index < -0.39 is 0 Å². The number of nitrogens with zero attached hydrogens (tertiary/aromatic N) is 3. The summed E-state index contributed by atoms with van der Waals surface area (Å²) in [5, 5.41) is 20.9. The molecule has 0 spiro atoms. The number of hydrogen-bond acceptors (Lipinski definition) is 5. The fraction of sp³-hybridized carbons (Fsp3) is 0.538. The van der Waals surface area contributed by atoms with E-state index in [-0.39, 0.29) is 12.4 Å². The molecule has 106 valence electrons. The molecule has 0 saturated carbocycles. The molecule has 0 aliphatic heterocycles. The van der Waals surface area contributed by atoms with Gasteiger partial charge in [-0.25, -0.2) is 4.98 Å². The minimum absolute atomic E-state index is 0.0613. The van der Waals surface area contributed by atoms with Crippen LogP contribution in [-0.2, 0) is 0 Å². The highest BCUT2D eigenvalue weighted by Crippen LogP contribution is 2.15. The highest BCUT2D eigenvalue weighted by molar-refractivity contribution is 5.97. The summed E-state index contributed by atoms with van der Waals surface area (Å²) in [5.41, 5.74) is 7.03. The lowest BCUT2D eigenvalue weighted by Gasteiger charge is -2.23. The molecule has 1 aromatic rings. The van der Waals surface area contributed by atoms with Crippen LogP contribution in [-0.4, -0.2) is 40.8 Å². The number of pyridine rings is 1. The van der Waals surface area contributed by atoms with Crippen molar-refractivity contribution in [3.05, 3.63) is 23.4 Å². The quantitative estimate of drug-likeness (QED) is 0.297. The van der Waals surface area contributed by atoms with Crippen LogP contribution >= 0.6 is 0 Å². The van der Waals surface area contributed by atoms with Crippen LogP contribution in [0.15, 0.2) is 17.3 Å². The first-order chi connectivity index (χ1) is 9.12. The highest BCUT2D eigenvalue weighted by atomic mass is 16.4. The summed E-state index contributed by atoms with van der Waals surface area (Å²) < 4.78 is 0. The maximum atomic E-state index is 9.13. The van der Waals surface area contributed by atoms with Crippen molar-refractivity contribution in [3.8, 4) is 0 Å². The molecule has 0 amide bonds. The Balaban J connectivity index is 3.04. The van der Waals surface area contributed by atoms with Crippen LogP contribution in [0.4, 0.5) is 5.82 Å². The molecule has 1 aromatic heterocycles. The van der Waals surface area contributed by atoms with Crippen molar-refractivity contribution in [1.82, 2.24) is 4.98 Å². The Bertz CT molecular complexity index is 435. The van der Waals surface area contributed by atoms with Crippen molar-refractivity contribution < 1.29 is 10.3 Å². The van der Waals surface area contributed by atoms with Crippen LogP contribution in [0.1, 0.15) is 31.0 Å². The van der Waals surface area contributed by atoms with Gasteiger partial charge in [0.1, 0.15) is 5.82 Å². The summed E-state index contributed by atoms with van der Waals surface area (Å²) in [6.45, 7) is 5.38. The third-order valence-corrected chi connectivity index (χ3v) is 2.82. The van der Waals surface area contributed by atoms with E-state index in [4.69, 9.17) is 16.0 Å². The van der Waals surface area contributed by atoms with E-state index in [1.165, 1.54) is 0 Å². The molecule has 1 rings (SSSR count). The lowest BCUT2D eigenvalue weighted by molar-refractivity contribution is 0.301. The molecule has 0 radical (unpaired) electrons. The molecule has 19 heavy (non-hydrogen) atoms. The molecular formula is C13H22N4O2. The zero-order chi connectivity index (χ0) is 14.3. The number of rotatable bonds is 7. The minimum Gasteiger partial charge on any atom is -0.409 e. The average Bonchev–Trinajstić information content (AvgIpc) is 2.41. The summed E-state index contributed by atoms with van der Waals surface area (Å²) >= 11 is 0. The average molecular weight is 266 g/mol. The Hall–Kier alpha value is -1.82. The van der Waals surface area contributed by atoms with E-state index in [9.17, 15) is 0 Å². The Morgan fingerprint density at radius 2 is 2.16 bits per heavy atom. The Kier molecular flexibility index (Phi) is 6.08. The van der Waals surface area contributed by atoms with Gasteiger partial charge < -0.3 is 20.9 Å². The number of aliphatic hydroxyl groups excluding tert-OH is 1. The first-order valence-electron chi connectivity index (χ1n) is 6.44. The number of oxime groups is 1. The summed E-state index contributed by atoms with van der Waals surface area (Å²) in [5.74, 6) is 0.801. The van der Waals surface area contributed by atoms with Gasteiger partial charge in [0.05, 0.1) is 6.61 Å². The zero-order valence-corrected chi connectivity index (χ0v) is 11.5. The molecule has 0 saturated heterocycles. The molecule has 4 N–H and O–H groups in total. The number of hydrogen-bond donors (Lipinski definition) is 3. The van der Waals surface area contributed by atoms with Crippen LogP contribution in [0.5, 0.6) is 0 Å². The van der Waals surface area contributed by atoms with Crippen molar-refractivity contribution >= 4 is 11.7 Å². The van der Waals surface area contributed by atoms with Crippen LogP contribution in [0.3, 0.4) is 0 Å². The standard InChI is InChI=1S/C13H22N4O2/c1-3-4-5-17(6-7-18)12-9-11(13(14)16-19)8-10(2)15-12/h8-9,18-19H,3-7H2,1-2H3,(H2,14,16). The highest BCUT2D eigenvalue weighted by Gasteiger charge is 2.10. The maximum Gasteiger partial charge on any atom is 0.170 e. The van der Waals surface area contributed by atoms with Crippen molar-refractivity contribution in [3.63, 3.8) is 0 Å². The second-order valence-electron chi connectivity index (χ2n) is 4.40. The summed E-state index contributed by atoms with van der Waals surface area (Å²) in [6, 6.07) is 3.53. The van der Waals surface area contributed by atoms with Crippen LogP contribution in [0, 0.1) is 6.92 Å². The SMILES string of the molecule is CCCCN(CCO)c1cc(/C(N)=N/O)cc(C)n1. The number of aliphatic hydroxyl groups is 1. The number of aromatic nitrogens is 1. The van der Waals surface area contributed by atoms with Crippen molar-refractivity contribution in [2.24, 2.45) is 10.9 Å². The van der Waals surface area contributed by atoms with Crippen LogP contribution < -0.4 is 10.6 Å². The van der Waals surface area contributed by atoms with E-state index >= 15 is 0 Å². The van der Waals surface area contributed by atoms with Crippen LogP contribution in [0.2, 0.25) is 0 Å². The summed E-state index contributed by atoms with van der Waals surface area (Å²) in [4.78, 5) is 6.45. The fourth-order valence-corrected chi connectivity index (χ4v) is 1.83. The fourth-order valence-electron chi connectivity index (χ4n) is 1.83. The Morgan fingerprint density at radius 1 is 1.42 bits per heavy atom. The predicted octanol–water partition coefficient (Wildman–Crippen LogP) is 1.08. The second kappa shape index (κ2) is 7.58. The first-order valence-corrected chi connectivity index (χ1v) is 6.44. The minimum atomic E-state index is 0.0613. The van der Waals surface area contributed by atoms with Gasteiger partial charge in [0.25, 0.3) is 0 Å². The van der Waals surface area contributed by atoms with Crippen LogP contribution in [0.25, 0.3) is 0 Å². The normalized spacial score (nSPS) is 11.6. The molecule has 0 aliphatic rings. The van der Waals surface area contributed by atoms with Gasteiger partial charge in [-0.05, 0) is 25.5 Å². The van der Waals surface area contributed by atoms with Gasteiger partial charge in [-0.15, -0.1) is 0 Å². The molecule has 0 aromatic carbocycles. The largest absolute Gasteiger partial charge is 0.409 e. The summed E-state index contributed by atoms with van der Waals surface area (Å²) in [7, 11) is 0. The number of aryl methyl sites for hydroxylation is 1. The monoisotopic (exact) mass is 266 g/mol. The summed E-state index contributed by atoms with van der Waals surface area (Å²) in [6.07, 6.45) is 2.09. The third-order valence-electron chi connectivity index (χ3n) is 2.82. The van der Waals surface area contributed by atoms with Gasteiger partial charge in [0.15, 0.2) is 5.84 Å². The van der Waals surface area contributed by atoms with Gasteiger partial charge in [0.2, 0.25) is 0 Å². The molecule has 0 unspecified atom stereocenters. The number of amidine groups is 1. The zero-order valence-electron chi connectivity index (χ0n) is 11.5. The molecule has 6 nitrogen and oxygen atoms in total. The van der Waals surface area contributed by atoms with Gasteiger partial charge in [-0.1, -0.05) is 18.5 Å². The molecular weight excluding hydrogens is 244 g/mol. The lowest BCUT2D eigenvalue weighted by Crippen LogP contribution is -2.29. The van der Waals surface area contributed by atoms with Gasteiger partial charge in [0, 0.05) is 24.3 Å². The number of unbranched alkanes of at least 4 members (excludes halogenated alkanes) is 1. The Labute approximate surface area is 113 Å². The van der Waals surface area contributed by atoms with Gasteiger partial charge >= 0.3 is 0 Å². The maximum absolute atomic E-state index is 9.13. The second-order valence-corrected chi connectivity index (χ2v) is 4.40. The molecule has 1 heterocycles. The lowest BCUT2D eigenvalue weighted by atomic mass is 10.2. The van der Waals surface area contributed by atoms with E-state index in [0.29, 0.717) is 12.1 Å². The predicted molar refractivity (Wildman–Crippen MR) is 75.7 cm³/mol. The molecule has 0 bridgehead atoms. The first kappa shape index (κ1) is 15.2. The number of anilines is 1. The molecule has 0 fully saturated rings. The van der Waals surface area contributed by atoms with Crippen molar-refractivity contribution in [1.29, 1.82) is 0 Å². The van der Waals surface area contributed by atoms with E-state index in [2.05, 4.69) is 17.1 Å². The third kappa shape index (κ3) is 4.40.